The lowest BCUT2D eigenvalue weighted by atomic mass is 10.1. The number of ether oxygens (including phenoxy) is 1. The van der Waals surface area contributed by atoms with Crippen LogP contribution in [0.3, 0.4) is 0 Å². The molecule has 1 aromatic rings. The number of aliphatic hydroxyl groups excluding tert-OH is 1. The number of hydrogen-bond acceptors (Lipinski definition) is 8. The van der Waals surface area contributed by atoms with E-state index in [4.69, 9.17) is 19.5 Å². The minimum atomic E-state index is -4.21. The molecule has 0 radical (unpaired) electrons. The molecule has 2 aliphatic rings. The minimum Gasteiger partial charge on any atom is -0.394 e. The second kappa shape index (κ2) is 4.62. The summed E-state index contributed by atoms with van der Waals surface area (Å²) in [6, 6.07) is 1.38. The molecule has 1 unspecified atom stereocenters. The van der Waals surface area contributed by atoms with E-state index in [1.165, 1.54) is 12.3 Å². The quantitative estimate of drug-likeness (QED) is 0.561. The van der Waals surface area contributed by atoms with Crippen LogP contribution in [0.25, 0.3) is 0 Å². The molecule has 0 bridgehead atoms. The van der Waals surface area contributed by atoms with Crippen LogP contribution >= 0.6 is 7.82 Å². The Hall–Kier alpha value is -1.29. The van der Waals surface area contributed by atoms with Gasteiger partial charge in [0.1, 0.15) is 24.1 Å². The van der Waals surface area contributed by atoms with E-state index in [1.54, 1.807) is 0 Å². The highest BCUT2D eigenvalue weighted by Crippen LogP contribution is 2.58. The normalized spacial score (nSPS) is 39.9. The van der Waals surface area contributed by atoms with E-state index in [-0.39, 0.29) is 5.82 Å². The van der Waals surface area contributed by atoms with Crippen molar-refractivity contribution in [2.75, 3.05) is 12.3 Å². The van der Waals surface area contributed by atoms with E-state index >= 15 is 0 Å². The summed E-state index contributed by atoms with van der Waals surface area (Å²) in [4.78, 5) is 24.7. The number of rotatable bonds is 2. The third kappa shape index (κ3) is 2.16. The van der Waals surface area contributed by atoms with Crippen LogP contribution in [-0.2, 0) is 18.3 Å². The topological polar surface area (TPSA) is 146 Å². The van der Waals surface area contributed by atoms with Crippen LogP contribution in [0.2, 0.25) is 0 Å². The lowest BCUT2D eigenvalue weighted by Crippen LogP contribution is -2.34. The zero-order valence-electron chi connectivity index (χ0n) is 10.0. The van der Waals surface area contributed by atoms with Crippen LogP contribution in [0.15, 0.2) is 17.1 Å². The van der Waals surface area contributed by atoms with E-state index in [0.717, 1.165) is 4.57 Å². The summed E-state index contributed by atoms with van der Waals surface area (Å²) >= 11 is 0. The summed E-state index contributed by atoms with van der Waals surface area (Å²) in [6.07, 6.45) is -2.51. The molecule has 2 saturated heterocycles. The van der Waals surface area contributed by atoms with E-state index in [0.29, 0.717) is 0 Å². The van der Waals surface area contributed by atoms with E-state index in [1.807, 2.05) is 0 Å². The fourth-order valence-electron chi connectivity index (χ4n) is 2.27. The molecular formula is C9H12N3O7P. The molecule has 0 saturated carbocycles. The number of aromatic nitrogens is 2. The number of hydrogen-bond donors (Lipinski definition) is 3. The first-order valence-electron chi connectivity index (χ1n) is 5.72. The lowest BCUT2D eigenvalue weighted by molar-refractivity contribution is -0.0624. The number of nitrogens with zero attached hydrogens (tertiary/aromatic N) is 2. The molecule has 110 valence electrons. The number of nitrogen functional groups attached to an aromatic ring is 1. The van der Waals surface area contributed by atoms with Gasteiger partial charge in [-0.05, 0) is 6.07 Å². The summed E-state index contributed by atoms with van der Waals surface area (Å²) in [5.74, 6) is 0.0379. The van der Waals surface area contributed by atoms with Crippen LogP contribution in [0.4, 0.5) is 5.82 Å². The van der Waals surface area contributed by atoms with Crippen molar-refractivity contribution in [2.45, 2.75) is 24.5 Å². The molecule has 10 nitrogen and oxygen atoms in total. The highest BCUT2D eigenvalue weighted by atomic mass is 31.2. The first kappa shape index (κ1) is 13.7. The van der Waals surface area contributed by atoms with Crippen LogP contribution in [-0.4, -0.2) is 44.5 Å². The van der Waals surface area contributed by atoms with Crippen molar-refractivity contribution in [1.29, 1.82) is 0 Å². The molecule has 3 heterocycles. The molecular weight excluding hydrogens is 293 g/mol. The number of fused-ring (bicyclic) bond motifs is 1. The summed E-state index contributed by atoms with van der Waals surface area (Å²) in [6.45, 7) is -0.446. The smallest absolute Gasteiger partial charge is 0.394 e. The van der Waals surface area contributed by atoms with Gasteiger partial charge in [0.25, 0.3) is 0 Å². The first-order chi connectivity index (χ1) is 9.41. The molecule has 2 aliphatic heterocycles. The second-order valence-electron chi connectivity index (χ2n) is 4.40. The molecule has 2 fully saturated rings. The highest BCUT2D eigenvalue weighted by molar-refractivity contribution is 7.47. The molecule has 1 aromatic heterocycles. The van der Waals surface area contributed by atoms with Crippen molar-refractivity contribution in [3.8, 4) is 0 Å². The van der Waals surface area contributed by atoms with Crippen molar-refractivity contribution in [3.05, 3.63) is 22.7 Å². The van der Waals surface area contributed by atoms with Crippen molar-refractivity contribution in [3.63, 3.8) is 0 Å². The van der Waals surface area contributed by atoms with Gasteiger partial charge in [-0.1, -0.05) is 0 Å². The van der Waals surface area contributed by atoms with Gasteiger partial charge in [-0.3, -0.25) is 13.6 Å². The van der Waals surface area contributed by atoms with E-state index in [2.05, 4.69) is 4.98 Å². The molecule has 5 atom stereocenters. The van der Waals surface area contributed by atoms with Crippen LogP contribution in [0, 0.1) is 0 Å². The van der Waals surface area contributed by atoms with Crippen molar-refractivity contribution >= 4 is 13.6 Å². The summed E-state index contributed by atoms with van der Waals surface area (Å²) < 4.78 is 27.7. The van der Waals surface area contributed by atoms with Gasteiger partial charge in [0.15, 0.2) is 6.23 Å². The molecule has 4 N–H and O–H groups in total. The maximum atomic E-state index is 11.8. The Morgan fingerprint density at radius 3 is 2.80 bits per heavy atom. The van der Waals surface area contributed by atoms with E-state index in [9.17, 15) is 19.4 Å². The maximum Gasteiger partial charge on any atom is 0.473 e. The van der Waals surface area contributed by atoms with Crippen molar-refractivity contribution < 1.29 is 28.3 Å². The van der Waals surface area contributed by atoms with E-state index < -0.39 is 44.7 Å². The number of aliphatic hydroxyl groups is 1. The fourth-order valence-corrected chi connectivity index (χ4v) is 3.42. The molecule has 0 amide bonds. The Morgan fingerprint density at radius 2 is 2.15 bits per heavy atom. The molecule has 0 spiro atoms. The summed E-state index contributed by atoms with van der Waals surface area (Å²) in [5, 5.41) is 9.21. The van der Waals surface area contributed by atoms with Gasteiger partial charge in [-0.15, -0.1) is 0 Å². The average molecular weight is 305 g/mol. The monoisotopic (exact) mass is 305 g/mol. The van der Waals surface area contributed by atoms with Gasteiger partial charge in [0.05, 0.1) is 6.61 Å². The highest BCUT2D eigenvalue weighted by Gasteiger charge is 2.57. The largest absolute Gasteiger partial charge is 0.473 e. The summed E-state index contributed by atoms with van der Waals surface area (Å²) in [7, 11) is -4.21. The molecule has 11 heteroatoms. The predicted octanol–water partition coefficient (Wildman–Crippen LogP) is -1.40. The SMILES string of the molecule is Nc1ccn([C@@H]2O[C@H](CO)[C@@H]3OP(=O)(O)O[C@H]32)c(=O)n1. The second-order valence-corrected chi connectivity index (χ2v) is 5.76. The van der Waals surface area contributed by atoms with Crippen LogP contribution in [0.5, 0.6) is 0 Å². The lowest BCUT2D eigenvalue weighted by Gasteiger charge is -2.18. The zero-order valence-corrected chi connectivity index (χ0v) is 10.9. The van der Waals surface area contributed by atoms with Gasteiger partial charge in [0.2, 0.25) is 0 Å². The fraction of sp³-hybridized carbons (Fsp3) is 0.556. The third-order valence-corrected chi connectivity index (χ3v) is 4.12. The molecule has 0 aromatic carbocycles. The standard InChI is InChI=1S/C9H12N3O7P/c10-5-1-2-12(9(14)11-5)8-7-6(4(3-13)17-8)18-20(15,16)19-7/h1-2,4,6-8,13H,3H2,(H,15,16)(H2,10,11,14)/t4-,6+,7-,8-/m1/s1. The number of anilines is 1. The van der Waals surface area contributed by atoms with Crippen molar-refractivity contribution in [2.24, 2.45) is 0 Å². The zero-order chi connectivity index (χ0) is 14.5. The van der Waals surface area contributed by atoms with Crippen molar-refractivity contribution in [1.82, 2.24) is 9.55 Å². The Kier molecular flexibility index (Phi) is 3.16. The number of phosphoric acid groups is 1. The molecule has 20 heavy (non-hydrogen) atoms. The van der Waals surface area contributed by atoms with Gasteiger partial charge < -0.3 is 20.5 Å². The molecule has 0 aliphatic carbocycles. The Bertz CT molecular complexity index is 634. The Labute approximate surface area is 112 Å². The van der Waals surface area contributed by atoms with Crippen LogP contribution in [0.1, 0.15) is 6.23 Å². The van der Waals surface area contributed by atoms with Crippen LogP contribution < -0.4 is 11.4 Å². The number of nitrogens with two attached hydrogens (primary N) is 1. The average Bonchev–Trinajstić information content (AvgIpc) is 2.83. The third-order valence-electron chi connectivity index (χ3n) is 3.10. The van der Waals surface area contributed by atoms with Gasteiger partial charge in [-0.25, -0.2) is 9.36 Å². The Morgan fingerprint density at radius 1 is 1.45 bits per heavy atom. The van der Waals surface area contributed by atoms with Gasteiger partial charge in [0, 0.05) is 6.20 Å². The van der Waals surface area contributed by atoms with Gasteiger partial charge >= 0.3 is 13.5 Å². The predicted molar refractivity (Wildman–Crippen MR) is 63.5 cm³/mol. The Balaban J connectivity index is 1.98. The maximum absolute atomic E-state index is 11.8. The van der Waals surface area contributed by atoms with Gasteiger partial charge in [-0.2, -0.15) is 4.98 Å². The number of phosphoric ester groups is 1. The first-order valence-corrected chi connectivity index (χ1v) is 7.21. The summed E-state index contributed by atoms with van der Waals surface area (Å²) in [5.41, 5.74) is 4.69. The molecule has 3 rings (SSSR count). The minimum absolute atomic E-state index is 0.0379.